The molecule has 0 spiro atoms. The number of rotatable bonds is 11. The topological polar surface area (TPSA) is 302 Å². The summed E-state index contributed by atoms with van der Waals surface area (Å²) in [4.78, 5) is 127. The predicted molar refractivity (Wildman–Crippen MR) is 473 cm³/mol. The van der Waals surface area contributed by atoms with Crippen molar-refractivity contribution in [1.29, 1.82) is 0 Å². The van der Waals surface area contributed by atoms with Crippen LogP contribution in [-0.4, -0.2) is 114 Å². The lowest BCUT2D eigenvalue weighted by Crippen LogP contribution is -2.29. The number of benzene rings is 8. The van der Waals surface area contributed by atoms with Gasteiger partial charge in [0.05, 0.1) is 27.0 Å². The van der Waals surface area contributed by atoms with Crippen LogP contribution in [0, 0.1) is 0 Å². The second-order valence-corrected chi connectivity index (χ2v) is 28.9. The number of carbonyl (C=O) groups excluding carboxylic acids is 8. The number of fused-ring (bicyclic) bond motifs is 5. The van der Waals surface area contributed by atoms with E-state index in [4.69, 9.17) is 32.2 Å². The summed E-state index contributed by atoms with van der Waals surface area (Å²) >= 11 is 2.03. The molecular formula is C93H107N5O18S2. The van der Waals surface area contributed by atoms with Gasteiger partial charge in [-0.25, -0.2) is 24.0 Å². The van der Waals surface area contributed by atoms with E-state index in [0.29, 0.717) is 81.2 Å². The van der Waals surface area contributed by atoms with E-state index in [1.165, 1.54) is 70.3 Å². The number of nitrogens with zero attached hydrogens (tertiary/aromatic N) is 3. The van der Waals surface area contributed by atoms with Gasteiger partial charge in [0, 0.05) is 94.8 Å². The molecule has 0 unspecified atom stereocenters. The van der Waals surface area contributed by atoms with Gasteiger partial charge in [-0.15, -0.1) is 19.7 Å². The van der Waals surface area contributed by atoms with Crippen molar-refractivity contribution in [3.05, 3.63) is 303 Å². The lowest BCUT2D eigenvalue weighted by atomic mass is 10.1. The van der Waals surface area contributed by atoms with Gasteiger partial charge in [0.25, 0.3) is 0 Å². The highest BCUT2D eigenvalue weighted by Gasteiger charge is 2.21. The number of H-pyrrole nitrogens is 1. The Morgan fingerprint density at radius 1 is 0.466 bits per heavy atom. The molecule has 3 aromatic heterocycles. The van der Waals surface area contributed by atoms with Crippen molar-refractivity contribution < 1.29 is 70.6 Å². The number of amides is 4. The first-order valence-corrected chi connectivity index (χ1v) is 39.1. The third-order valence-electron chi connectivity index (χ3n) is 14.9. The molecule has 624 valence electrons. The van der Waals surface area contributed by atoms with Crippen LogP contribution in [0.1, 0.15) is 125 Å². The van der Waals surface area contributed by atoms with E-state index >= 15 is 0 Å². The molecule has 0 radical (unpaired) electrons. The normalized spacial score (nSPS) is 11.6. The first-order valence-electron chi connectivity index (χ1n) is 37.4. The van der Waals surface area contributed by atoms with Crippen molar-refractivity contribution in [2.24, 2.45) is 0 Å². The SMILES string of the molecule is C=C(C)C.C=C(C)C.C=C(C)C.C=C(C)C(=O)N1CCCC1.C=C(C)C(=O)NC.C=C(C)C(=O)OCCN1CCCC1=O.C=CN1CCCC1=O.CC(=O)Oc1ccc2[nH]c(=O)oc2c1.CC(=O)Oc1ccc2sc(=O)oc2c1.O=C(Oc1ccc2sc(=O)oc2c1)c1ccccc1.c1ccc2ccccc2c1.c1ccc2ccccc2c1. The van der Waals surface area contributed by atoms with Crippen LogP contribution in [0.2, 0.25) is 0 Å². The summed E-state index contributed by atoms with van der Waals surface area (Å²) in [6.07, 6.45) is 7.12. The van der Waals surface area contributed by atoms with Crippen LogP contribution in [-0.2, 0) is 38.3 Å². The zero-order valence-electron chi connectivity index (χ0n) is 69.3. The number of likely N-dealkylation sites (N-methyl/N-ethyl adjacent to an activating group) is 1. The van der Waals surface area contributed by atoms with E-state index in [9.17, 15) is 52.7 Å². The van der Waals surface area contributed by atoms with E-state index in [2.05, 4.69) is 153 Å². The van der Waals surface area contributed by atoms with Gasteiger partial charge in [0.15, 0.2) is 16.7 Å². The number of hydrogen-bond donors (Lipinski definition) is 2. The summed E-state index contributed by atoms with van der Waals surface area (Å²) in [6, 6.07) is 56.5. The zero-order chi connectivity index (χ0) is 87.8. The van der Waals surface area contributed by atoms with Crippen LogP contribution >= 0.6 is 22.7 Å². The Morgan fingerprint density at radius 3 is 1.21 bits per heavy atom. The summed E-state index contributed by atoms with van der Waals surface area (Å²) < 4.78 is 35.8. The van der Waals surface area contributed by atoms with Crippen LogP contribution in [0.3, 0.4) is 0 Å². The number of carbonyl (C=O) groups is 8. The maximum absolute atomic E-state index is 11.8. The number of likely N-dealkylation sites (tertiary alicyclic amines) is 3. The molecule has 14 rings (SSSR count). The highest BCUT2D eigenvalue weighted by molar-refractivity contribution is 7.16. The molecule has 0 atom stereocenters. The second kappa shape index (κ2) is 53.8. The van der Waals surface area contributed by atoms with E-state index in [1.807, 2.05) is 52.5 Å². The number of aromatic nitrogens is 1. The molecule has 0 saturated carbocycles. The number of esters is 4. The maximum atomic E-state index is 11.8. The third kappa shape index (κ3) is 40.2. The summed E-state index contributed by atoms with van der Waals surface area (Å²) in [5.74, 6) is -0.714. The fraction of sp³-hybridized carbons (Fsp3) is 0.258. The molecule has 4 amide bonds. The summed E-state index contributed by atoms with van der Waals surface area (Å²) in [6.45, 7) is 48.4. The minimum absolute atomic E-state index is 0.0972. The molecule has 23 nitrogen and oxygen atoms in total. The Labute approximate surface area is 696 Å². The van der Waals surface area contributed by atoms with Crippen LogP contribution in [0.25, 0.3) is 53.2 Å². The molecular weight excluding hydrogens is 1540 g/mol. The highest BCUT2D eigenvalue weighted by Crippen LogP contribution is 2.25. The molecule has 3 fully saturated rings. The van der Waals surface area contributed by atoms with Crippen molar-refractivity contribution >= 4 is 123 Å². The van der Waals surface area contributed by atoms with Gasteiger partial charge in [0.1, 0.15) is 23.9 Å². The predicted octanol–water partition coefficient (Wildman–Crippen LogP) is 19.3. The number of oxazole rings is 1. The van der Waals surface area contributed by atoms with Crippen LogP contribution < -0.4 is 35.2 Å². The van der Waals surface area contributed by atoms with E-state index in [-0.39, 0.29) is 40.1 Å². The summed E-state index contributed by atoms with van der Waals surface area (Å²) in [5.41, 5.74) is 7.36. The number of aromatic amines is 1. The summed E-state index contributed by atoms with van der Waals surface area (Å²) in [5, 5.41) is 7.67. The van der Waals surface area contributed by atoms with Gasteiger partial charge in [0.2, 0.25) is 23.6 Å². The van der Waals surface area contributed by atoms with Crippen molar-refractivity contribution in [2.75, 3.05) is 46.4 Å². The van der Waals surface area contributed by atoms with E-state index in [0.717, 1.165) is 83.9 Å². The smallest absolute Gasteiger partial charge is 0.417 e. The Morgan fingerprint density at radius 2 is 0.864 bits per heavy atom. The molecule has 0 bridgehead atoms. The number of allylic oxidation sites excluding steroid dienone is 3. The Bertz CT molecular complexity index is 5060. The van der Waals surface area contributed by atoms with E-state index < -0.39 is 29.6 Å². The van der Waals surface area contributed by atoms with Gasteiger partial charge in [-0.05, 0) is 164 Å². The average molecular weight is 1650 g/mol. The molecule has 8 aromatic carbocycles. The van der Waals surface area contributed by atoms with Gasteiger partial charge in [-0.3, -0.25) is 33.8 Å². The van der Waals surface area contributed by atoms with E-state index in [1.54, 1.807) is 104 Å². The largest absolute Gasteiger partial charge is 0.460 e. The van der Waals surface area contributed by atoms with Crippen molar-refractivity contribution in [2.45, 2.75) is 115 Å². The fourth-order valence-corrected chi connectivity index (χ4v) is 11.0. The quantitative estimate of drug-likeness (QED) is 0.0526. The zero-order valence-corrected chi connectivity index (χ0v) is 71.0. The molecule has 2 N–H and O–H groups in total. The van der Waals surface area contributed by atoms with Crippen LogP contribution in [0.5, 0.6) is 17.2 Å². The van der Waals surface area contributed by atoms with Crippen molar-refractivity contribution in [3.63, 3.8) is 0 Å². The third-order valence-corrected chi connectivity index (χ3v) is 16.5. The molecule has 3 aliphatic rings. The Kier molecular flexibility index (Phi) is 45.2. The lowest BCUT2D eigenvalue weighted by Gasteiger charge is -2.14. The lowest BCUT2D eigenvalue weighted by molar-refractivity contribution is -0.141. The minimum Gasteiger partial charge on any atom is -0.460 e. The molecule has 25 heteroatoms. The van der Waals surface area contributed by atoms with Crippen molar-refractivity contribution in [3.8, 4) is 17.2 Å². The van der Waals surface area contributed by atoms with Crippen LogP contribution in [0.4, 0.5) is 0 Å². The number of nitrogens with one attached hydrogen (secondary N) is 2. The Balaban J connectivity index is 0.000000341. The average Bonchev–Trinajstić information content (AvgIpc) is 1.69. The summed E-state index contributed by atoms with van der Waals surface area (Å²) in [7, 11) is 1.58. The molecule has 0 aliphatic carbocycles. The monoisotopic (exact) mass is 1650 g/mol. The molecule has 118 heavy (non-hydrogen) atoms. The van der Waals surface area contributed by atoms with Gasteiger partial charge in [-0.2, -0.15) is 0 Å². The first kappa shape index (κ1) is 99.1. The molecule has 11 aromatic rings. The van der Waals surface area contributed by atoms with Gasteiger partial charge >= 0.3 is 39.5 Å². The Hall–Kier alpha value is -13.1. The van der Waals surface area contributed by atoms with Crippen molar-refractivity contribution in [1.82, 2.24) is 25.0 Å². The fourth-order valence-electron chi connectivity index (χ4n) is 9.74. The number of ether oxygens (including phenoxy) is 4. The molecule has 6 heterocycles. The number of hydrogen-bond acceptors (Lipinski definition) is 20. The second-order valence-electron chi connectivity index (χ2n) is 27.0. The van der Waals surface area contributed by atoms with Crippen LogP contribution in [0.15, 0.2) is 295 Å². The minimum atomic E-state index is -0.528. The van der Waals surface area contributed by atoms with Gasteiger partial charge < -0.3 is 52.2 Å². The standard InChI is InChI=1S/C14H8O4S.C10H15NO3.2C10H8.C9H7NO4.C9H6O4S.C8H13NO.C6H9NO.C5H9NO.3C4H8/c15-13(9-4-2-1-3-5-9)17-10-6-7-12-11(8-10)18-14(16)19-12;1-8(2)10(13)14-7-6-11-5-3-4-9(11)12;2*1-2-6-10-8-4-3-7-9(10)5-1;1-5(11)13-6-2-3-7-8(4-6)14-9(12)10-7;1-5(10)12-6-2-3-8-7(4-6)13-9(11)14-8;1-7(2)8(10)9-5-3-4-6-9;1-2-7-5-3-4-6(7)8;1-4(2)5(7)6-3;3*1-4(2)3/h1-8H;1,3-7H2,2H3;2*1-8H;2-4H,1H3,(H,10,12);2-4H,1H3;1,3-6H2,2H3;2H,1,3-5H2;1H2,2-3H3,(H,6,7);3*1H2,2-3H3. The highest BCUT2D eigenvalue weighted by atomic mass is 32.1. The van der Waals surface area contributed by atoms with Gasteiger partial charge in [-0.1, -0.05) is 181 Å². The molecule has 3 aliphatic heterocycles. The molecule has 3 saturated heterocycles. The maximum Gasteiger partial charge on any atom is 0.417 e. The first-order chi connectivity index (χ1) is 56.0.